The van der Waals surface area contributed by atoms with Crippen molar-refractivity contribution in [3.05, 3.63) is 64.7 Å². The highest BCUT2D eigenvalue weighted by atomic mass is 19.1. The van der Waals surface area contributed by atoms with E-state index >= 15 is 0 Å². The number of hydrogen-bond donors (Lipinski definition) is 2. The molecule has 0 fully saturated rings. The zero-order valence-corrected chi connectivity index (χ0v) is 14.6. The van der Waals surface area contributed by atoms with Crippen molar-refractivity contribution in [1.82, 2.24) is 0 Å². The highest BCUT2D eigenvalue weighted by molar-refractivity contribution is 6.04. The molecule has 8 heteroatoms. The normalized spacial score (nSPS) is 10.6. The van der Waals surface area contributed by atoms with Crippen molar-refractivity contribution in [2.24, 2.45) is 0 Å². The van der Waals surface area contributed by atoms with E-state index in [1.165, 1.54) is 31.4 Å². The number of amides is 1. The molecule has 0 radical (unpaired) electrons. The molecule has 2 aromatic carbocycles. The molecule has 0 aliphatic rings. The van der Waals surface area contributed by atoms with Crippen LogP contribution in [0.3, 0.4) is 0 Å². The Hall–Kier alpha value is -2.84. The summed E-state index contributed by atoms with van der Waals surface area (Å²) in [5, 5.41) is 11.2. The van der Waals surface area contributed by atoms with E-state index in [-0.39, 0.29) is 35.6 Å². The lowest BCUT2D eigenvalue weighted by molar-refractivity contribution is -0.136. The number of aliphatic carboxylic acids is 1. The Kier molecular flexibility index (Phi) is 7.39. The molecule has 0 aliphatic carbocycles. The van der Waals surface area contributed by atoms with E-state index in [0.717, 1.165) is 12.1 Å². The summed E-state index contributed by atoms with van der Waals surface area (Å²) in [6.07, 6.45) is -0.454. The van der Waals surface area contributed by atoms with Gasteiger partial charge in [-0.1, -0.05) is 6.07 Å². The Labute approximate surface area is 154 Å². The standard InChI is InChI=1S/C19H19F2NO5/c1-26-6-7-27-11-14-8-13(3-5-16(14)20)19(25)22-15-4-2-12(9-18(23)24)17(21)10-15/h2-5,8,10H,6-7,9,11H2,1H3,(H,22,25)(H,23,24). The van der Waals surface area contributed by atoms with E-state index in [0.29, 0.717) is 6.61 Å². The third kappa shape index (κ3) is 6.12. The summed E-state index contributed by atoms with van der Waals surface area (Å²) >= 11 is 0. The lowest BCUT2D eigenvalue weighted by Crippen LogP contribution is -2.13. The third-order valence-electron chi connectivity index (χ3n) is 3.65. The first-order valence-electron chi connectivity index (χ1n) is 8.07. The van der Waals surface area contributed by atoms with Crippen molar-refractivity contribution in [2.75, 3.05) is 25.6 Å². The number of nitrogens with one attached hydrogen (secondary N) is 1. The maximum Gasteiger partial charge on any atom is 0.307 e. The Balaban J connectivity index is 2.07. The molecule has 0 unspecified atom stereocenters. The van der Waals surface area contributed by atoms with Gasteiger partial charge >= 0.3 is 5.97 Å². The van der Waals surface area contributed by atoms with Gasteiger partial charge in [-0.3, -0.25) is 9.59 Å². The molecule has 0 saturated heterocycles. The number of carbonyl (C=O) groups excluding carboxylic acids is 1. The zero-order valence-electron chi connectivity index (χ0n) is 14.6. The number of carboxylic acid groups (broad SMARTS) is 1. The number of hydrogen-bond acceptors (Lipinski definition) is 4. The van der Waals surface area contributed by atoms with Crippen LogP contribution in [0.15, 0.2) is 36.4 Å². The van der Waals surface area contributed by atoms with Crippen LogP contribution in [0.25, 0.3) is 0 Å². The van der Waals surface area contributed by atoms with Gasteiger partial charge in [0.25, 0.3) is 5.91 Å². The molecular weight excluding hydrogens is 360 g/mol. The third-order valence-corrected chi connectivity index (χ3v) is 3.65. The molecule has 144 valence electrons. The second kappa shape index (κ2) is 9.75. The van der Waals surface area contributed by atoms with Crippen LogP contribution in [0, 0.1) is 11.6 Å². The van der Waals surface area contributed by atoms with Crippen LogP contribution in [0.4, 0.5) is 14.5 Å². The molecule has 1 amide bonds. The number of ether oxygens (including phenoxy) is 2. The molecular formula is C19H19F2NO5. The van der Waals surface area contributed by atoms with Gasteiger partial charge in [0, 0.05) is 23.9 Å². The number of carboxylic acids is 1. The molecule has 2 aromatic rings. The van der Waals surface area contributed by atoms with Gasteiger partial charge < -0.3 is 19.9 Å². The van der Waals surface area contributed by atoms with Crippen molar-refractivity contribution < 1.29 is 33.0 Å². The molecule has 27 heavy (non-hydrogen) atoms. The van der Waals surface area contributed by atoms with Crippen LogP contribution >= 0.6 is 0 Å². The Bertz CT molecular complexity index is 826. The molecule has 0 bridgehead atoms. The predicted octanol–water partition coefficient (Wildman–Crippen LogP) is 3.01. The van der Waals surface area contributed by atoms with Crippen LogP contribution in [0.2, 0.25) is 0 Å². The monoisotopic (exact) mass is 379 g/mol. The van der Waals surface area contributed by atoms with Gasteiger partial charge in [-0.25, -0.2) is 8.78 Å². The summed E-state index contributed by atoms with van der Waals surface area (Å²) in [5.74, 6) is -2.95. The Morgan fingerprint density at radius 3 is 2.48 bits per heavy atom. The summed E-state index contributed by atoms with van der Waals surface area (Å²) < 4.78 is 37.8. The minimum Gasteiger partial charge on any atom is -0.481 e. The molecule has 2 rings (SSSR count). The van der Waals surface area contributed by atoms with Gasteiger partial charge in [0.2, 0.25) is 0 Å². The van der Waals surface area contributed by atoms with Crippen molar-refractivity contribution >= 4 is 17.6 Å². The van der Waals surface area contributed by atoms with Crippen molar-refractivity contribution in [3.8, 4) is 0 Å². The fraction of sp³-hybridized carbons (Fsp3) is 0.263. The minimum absolute atomic E-state index is 0.0118. The van der Waals surface area contributed by atoms with Gasteiger partial charge in [-0.15, -0.1) is 0 Å². The number of halogens is 2. The first-order valence-corrected chi connectivity index (χ1v) is 8.07. The number of benzene rings is 2. The van der Waals surface area contributed by atoms with Crippen molar-refractivity contribution in [3.63, 3.8) is 0 Å². The van der Waals surface area contributed by atoms with E-state index in [9.17, 15) is 18.4 Å². The molecule has 0 spiro atoms. The number of anilines is 1. The van der Waals surface area contributed by atoms with E-state index in [2.05, 4.69) is 5.32 Å². The van der Waals surface area contributed by atoms with E-state index in [4.69, 9.17) is 14.6 Å². The molecule has 0 heterocycles. The van der Waals surface area contributed by atoms with Crippen LogP contribution < -0.4 is 5.32 Å². The van der Waals surface area contributed by atoms with Crippen molar-refractivity contribution in [2.45, 2.75) is 13.0 Å². The Morgan fingerprint density at radius 1 is 1.04 bits per heavy atom. The summed E-state index contributed by atoms with van der Waals surface area (Å²) in [4.78, 5) is 23.0. The number of methoxy groups -OCH3 is 1. The molecule has 0 saturated carbocycles. The maximum absolute atomic E-state index is 13.9. The minimum atomic E-state index is -1.16. The quantitative estimate of drug-likeness (QED) is 0.655. The fourth-order valence-corrected chi connectivity index (χ4v) is 2.29. The van der Waals surface area contributed by atoms with Crippen LogP contribution in [0.1, 0.15) is 21.5 Å². The van der Waals surface area contributed by atoms with Crippen LogP contribution in [0.5, 0.6) is 0 Å². The highest BCUT2D eigenvalue weighted by Crippen LogP contribution is 2.18. The lowest BCUT2D eigenvalue weighted by atomic mass is 10.1. The first kappa shape index (κ1) is 20.5. The van der Waals surface area contributed by atoms with Crippen molar-refractivity contribution in [1.29, 1.82) is 0 Å². The summed E-state index contributed by atoms with van der Waals surface area (Å²) in [5.41, 5.74) is 0.560. The second-order valence-electron chi connectivity index (χ2n) is 5.68. The second-order valence-corrected chi connectivity index (χ2v) is 5.68. The maximum atomic E-state index is 13.9. The van der Waals surface area contributed by atoms with Crippen LogP contribution in [-0.4, -0.2) is 37.3 Å². The fourth-order valence-electron chi connectivity index (χ4n) is 2.29. The molecule has 0 aromatic heterocycles. The zero-order chi connectivity index (χ0) is 19.8. The summed E-state index contributed by atoms with van der Waals surface area (Å²) in [7, 11) is 1.52. The number of rotatable bonds is 9. The summed E-state index contributed by atoms with van der Waals surface area (Å²) in [6.45, 7) is 0.633. The van der Waals surface area contributed by atoms with Crippen LogP contribution in [-0.2, 0) is 27.3 Å². The average molecular weight is 379 g/mol. The van der Waals surface area contributed by atoms with E-state index in [1.54, 1.807) is 0 Å². The van der Waals surface area contributed by atoms with Gasteiger partial charge in [0.05, 0.1) is 26.2 Å². The number of carbonyl (C=O) groups is 2. The van der Waals surface area contributed by atoms with Gasteiger partial charge in [-0.2, -0.15) is 0 Å². The highest BCUT2D eigenvalue weighted by Gasteiger charge is 2.13. The SMILES string of the molecule is COCCOCc1cc(C(=O)Nc2ccc(CC(=O)O)c(F)c2)ccc1F. The van der Waals surface area contributed by atoms with E-state index < -0.39 is 29.9 Å². The average Bonchev–Trinajstić information content (AvgIpc) is 2.62. The largest absolute Gasteiger partial charge is 0.481 e. The topological polar surface area (TPSA) is 84.9 Å². The molecule has 0 aliphatic heterocycles. The summed E-state index contributed by atoms with van der Waals surface area (Å²) in [6, 6.07) is 7.54. The first-order chi connectivity index (χ1) is 12.9. The van der Waals surface area contributed by atoms with Gasteiger partial charge in [0.1, 0.15) is 11.6 Å². The van der Waals surface area contributed by atoms with Gasteiger partial charge in [-0.05, 0) is 35.9 Å². The molecule has 6 nitrogen and oxygen atoms in total. The van der Waals surface area contributed by atoms with E-state index in [1.807, 2.05) is 0 Å². The smallest absolute Gasteiger partial charge is 0.307 e. The lowest BCUT2D eigenvalue weighted by Gasteiger charge is -2.10. The Morgan fingerprint density at radius 2 is 1.81 bits per heavy atom. The molecule has 2 N–H and O–H groups in total. The predicted molar refractivity (Wildman–Crippen MR) is 93.6 cm³/mol. The van der Waals surface area contributed by atoms with Gasteiger partial charge in [0.15, 0.2) is 0 Å². The molecule has 0 atom stereocenters.